The number of halogens is 1. The van der Waals surface area contributed by atoms with Crippen LogP contribution in [-0.4, -0.2) is 15.7 Å². The minimum atomic E-state index is -0.0284. The van der Waals surface area contributed by atoms with Crippen LogP contribution in [0.5, 0.6) is 0 Å². The number of carbonyl (C=O) groups excluding carboxylic acids is 1. The Labute approximate surface area is 143 Å². The first-order valence-corrected chi connectivity index (χ1v) is 8.57. The van der Waals surface area contributed by atoms with Gasteiger partial charge in [-0.2, -0.15) is 16.4 Å². The molecule has 2 heterocycles. The summed E-state index contributed by atoms with van der Waals surface area (Å²) >= 11 is 7.68. The fraction of sp³-hybridized carbons (Fsp3) is 0.176. The Morgan fingerprint density at radius 1 is 1.35 bits per heavy atom. The smallest absolute Gasteiger partial charge is 0.225 e. The Balaban J connectivity index is 1.74. The molecule has 0 aliphatic carbocycles. The number of benzene rings is 1. The Morgan fingerprint density at radius 2 is 2.22 bits per heavy atom. The normalized spacial score (nSPS) is 10.7. The summed E-state index contributed by atoms with van der Waals surface area (Å²) in [6.07, 6.45) is 1.18. The van der Waals surface area contributed by atoms with E-state index in [1.54, 1.807) is 22.1 Å². The van der Waals surface area contributed by atoms with Crippen LogP contribution in [0.2, 0.25) is 5.02 Å². The van der Waals surface area contributed by atoms with Crippen molar-refractivity contribution in [3.05, 3.63) is 63.4 Å². The lowest BCUT2D eigenvalue weighted by atomic mass is 10.2. The SMILES string of the molecule is Cc1cc(NC(=O)CCc2ccsc2)n(-c2cccc(Cl)c2)n1. The van der Waals surface area contributed by atoms with E-state index in [9.17, 15) is 4.79 Å². The first kappa shape index (κ1) is 15.8. The molecule has 0 radical (unpaired) electrons. The molecule has 4 nitrogen and oxygen atoms in total. The maximum atomic E-state index is 12.2. The molecule has 3 rings (SSSR count). The molecular formula is C17H16ClN3OS. The van der Waals surface area contributed by atoms with Gasteiger partial charge in [-0.25, -0.2) is 4.68 Å². The van der Waals surface area contributed by atoms with E-state index in [2.05, 4.69) is 15.8 Å². The summed E-state index contributed by atoms with van der Waals surface area (Å²) in [5.74, 6) is 0.625. The van der Waals surface area contributed by atoms with Crippen LogP contribution in [0.3, 0.4) is 0 Å². The number of thiophene rings is 1. The lowest BCUT2D eigenvalue weighted by Gasteiger charge is -2.09. The topological polar surface area (TPSA) is 46.9 Å². The summed E-state index contributed by atoms with van der Waals surface area (Å²) in [4.78, 5) is 12.2. The third-order valence-corrected chi connectivity index (χ3v) is 4.34. The fourth-order valence-corrected chi connectivity index (χ4v) is 3.18. The molecule has 0 aliphatic rings. The molecule has 1 N–H and O–H groups in total. The van der Waals surface area contributed by atoms with E-state index in [0.717, 1.165) is 17.8 Å². The standard InChI is InChI=1S/C17H16ClN3OS/c1-12-9-16(19-17(22)6-5-13-7-8-23-11-13)21(20-12)15-4-2-3-14(18)10-15/h2-4,7-11H,5-6H2,1H3,(H,19,22). The predicted octanol–water partition coefficient (Wildman–Crippen LogP) is 4.47. The number of nitrogens with one attached hydrogen (secondary N) is 1. The van der Waals surface area contributed by atoms with E-state index in [0.29, 0.717) is 17.3 Å². The number of anilines is 1. The van der Waals surface area contributed by atoms with Crippen LogP contribution in [0.1, 0.15) is 17.7 Å². The van der Waals surface area contributed by atoms with Crippen LogP contribution >= 0.6 is 22.9 Å². The summed E-state index contributed by atoms with van der Waals surface area (Å²) in [5, 5.41) is 12.1. The molecule has 0 bridgehead atoms. The molecule has 2 aromatic heterocycles. The first-order valence-electron chi connectivity index (χ1n) is 7.25. The second-order valence-electron chi connectivity index (χ2n) is 5.24. The van der Waals surface area contributed by atoms with Crippen molar-refractivity contribution in [3.8, 4) is 5.69 Å². The fourth-order valence-electron chi connectivity index (χ4n) is 2.29. The number of hydrogen-bond acceptors (Lipinski definition) is 3. The van der Waals surface area contributed by atoms with Gasteiger partial charge in [-0.1, -0.05) is 17.7 Å². The minimum absolute atomic E-state index is 0.0284. The van der Waals surface area contributed by atoms with Crippen molar-refractivity contribution in [2.24, 2.45) is 0 Å². The maximum absolute atomic E-state index is 12.2. The Bertz CT molecular complexity index is 811. The van der Waals surface area contributed by atoms with E-state index >= 15 is 0 Å². The molecule has 0 fully saturated rings. The number of hydrogen-bond donors (Lipinski definition) is 1. The highest BCUT2D eigenvalue weighted by Crippen LogP contribution is 2.20. The van der Waals surface area contributed by atoms with Crippen molar-refractivity contribution >= 4 is 34.7 Å². The van der Waals surface area contributed by atoms with Gasteiger partial charge in [-0.15, -0.1) is 0 Å². The molecule has 23 heavy (non-hydrogen) atoms. The lowest BCUT2D eigenvalue weighted by molar-refractivity contribution is -0.116. The van der Waals surface area contributed by atoms with Crippen molar-refractivity contribution in [3.63, 3.8) is 0 Å². The van der Waals surface area contributed by atoms with Gasteiger partial charge >= 0.3 is 0 Å². The summed E-state index contributed by atoms with van der Waals surface area (Å²) in [6, 6.07) is 11.3. The van der Waals surface area contributed by atoms with Crippen molar-refractivity contribution in [1.82, 2.24) is 9.78 Å². The number of nitrogens with zero attached hydrogens (tertiary/aromatic N) is 2. The molecule has 6 heteroatoms. The van der Waals surface area contributed by atoms with E-state index in [-0.39, 0.29) is 5.91 Å². The van der Waals surface area contributed by atoms with Crippen LogP contribution in [-0.2, 0) is 11.2 Å². The molecule has 1 aromatic carbocycles. The van der Waals surface area contributed by atoms with Gasteiger partial charge in [-0.3, -0.25) is 4.79 Å². The molecule has 0 aliphatic heterocycles. The molecule has 0 saturated heterocycles. The average molecular weight is 346 g/mol. The minimum Gasteiger partial charge on any atom is -0.311 e. The number of carbonyl (C=O) groups is 1. The quantitative estimate of drug-likeness (QED) is 0.741. The highest BCUT2D eigenvalue weighted by atomic mass is 35.5. The molecule has 0 atom stereocenters. The van der Waals surface area contributed by atoms with E-state index in [4.69, 9.17) is 11.6 Å². The van der Waals surface area contributed by atoms with Crippen LogP contribution in [0.15, 0.2) is 47.2 Å². The van der Waals surface area contributed by atoms with Gasteiger partial charge < -0.3 is 5.32 Å². The van der Waals surface area contributed by atoms with Gasteiger partial charge in [0.1, 0.15) is 5.82 Å². The van der Waals surface area contributed by atoms with Crippen LogP contribution in [0, 0.1) is 6.92 Å². The Kier molecular flexibility index (Phi) is 4.79. The van der Waals surface area contributed by atoms with Crippen molar-refractivity contribution in [2.45, 2.75) is 19.8 Å². The zero-order chi connectivity index (χ0) is 16.2. The summed E-state index contributed by atoms with van der Waals surface area (Å²) < 4.78 is 1.70. The second-order valence-corrected chi connectivity index (χ2v) is 6.46. The zero-order valence-electron chi connectivity index (χ0n) is 12.6. The summed E-state index contributed by atoms with van der Waals surface area (Å²) in [5.41, 5.74) is 2.83. The highest BCUT2D eigenvalue weighted by molar-refractivity contribution is 7.07. The van der Waals surface area contributed by atoms with Gasteiger partial charge in [0.25, 0.3) is 0 Å². The molecule has 0 saturated carbocycles. The second kappa shape index (κ2) is 6.98. The van der Waals surface area contributed by atoms with Crippen LogP contribution in [0.4, 0.5) is 5.82 Å². The molecule has 0 spiro atoms. The number of amides is 1. The Morgan fingerprint density at radius 3 is 2.96 bits per heavy atom. The van der Waals surface area contributed by atoms with Crippen LogP contribution < -0.4 is 5.32 Å². The number of aromatic nitrogens is 2. The largest absolute Gasteiger partial charge is 0.311 e. The summed E-state index contributed by atoms with van der Waals surface area (Å²) in [7, 11) is 0. The molecule has 0 unspecified atom stereocenters. The van der Waals surface area contributed by atoms with Gasteiger partial charge in [0, 0.05) is 17.5 Å². The maximum Gasteiger partial charge on any atom is 0.225 e. The van der Waals surface area contributed by atoms with Gasteiger partial charge in [-0.05, 0) is 53.9 Å². The molecule has 1 amide bonds. The third-order valence-electron chi connectivity index (χ3n) is 3.37. The van der Waals surface area contributed by atoms with Crippen LogP contribution in [0.25, 0.3) is 5.69 Å². The van der Waals surface area contributed by atoms with Crippen molar-refractivity contribution in [2.75, 3.05) is 5.32 Å². The van der Waals surface area contributed by atoms with E-state index in [1.165, 1.54) is 5.56 Å². The van der Waals surface area contributed by atoms with E-state index in [1.807, 2.05) is 42.6 Å². The Hall–Kier alpha value is -2.11. The molecular weight excluding hydrogens is 330 g/mol. The summed E-state index contributed by atoms with van der Waals surface area (Å²) in [6.45, 7) is 1.89. The van der Waals surface area contributed by atoms with Gasteiger partial charge in [0.15, 0.2) is 0 Å². The highest BCUT2D eigenvalue weighted by Gasteiger charge is 2.11. The van der Waals surface area contributed by atoms with Gasteiger partial charge in [0.05, 0.1) is 11.4 Å². The lowest BCUT2D eigenvalue weighted by Crippen LogP contribution is -2.15. The third kappa shape index (κ3) is 4.00. The molecule has 3 aromatic rings. The number of aryl methyl sites for hydroxylation is 2. The average Bonchev–Trinajstić information content (AvgIpc) is 3.15. The monoisotopic (exact) mass is 345 g/mol. The first-order chi connectivity index (χ1) is 11.1. The molecule has 118 valence electrons. The zero-order valence-corrected chi connectivity index (χ0v) is 14.2. The number of rotatable bonds is 5. The van der Waals surface area contributed by atoms with E-state index < -0.39 is 0 Å². The predicted molar refractivity (Wildman–Crippen MR) is 94.6 cm³/mol. The van der Waals surface area contributed by atoms with Crippen molar-refractivity contribution in [1.29, 1.82) is 0 Å². The van der Waals surface area contributed by atoms with Crippen molar-refractivity contribution < 1.29 is 4.79 Å². The van der Waals surface area contributed by atoms with Gasteiger partial charge in [0.2, 0.25) is 5.91 Å².